The second-order valence-electron chi connectivity index (χ2n) is 8.00. The Hall–Kier alpha value is -1.57. The standard InChI is InChI=1S/C20H27NO/c1-20(2,3)17-9-5-14(6-10-17)7-11-19(22)21-18-13-15-4-8-16(18)12-15/h5-7,9-11,15-16,18H,4,8,12-13H2,1-3H3,(H,21,22)/b11-7+/t15-,16+,18-/m1/s1. The molecular formula is C20H27NO. The van der Waals surface area contributed by atoms with E-state index in [9.17, 15) is 4.79 Å². The molecule has 2 saturated carbocycles. The molecule has 0 saturated heterocycles. The quantitative estimate of drug-likeness (QED) is 0.828. The van der Waals surface area contributed by atoms with Crippen LogP contribution in [0.2, 0.25) is 0 Å². The maximum Gasteiger partial charge on any atom is 0.244 e. The van der Waals surface area contributed by atoms with Gasteiger partial charge in [0, 0.05) is 12.1 Å². The molecule has 0 aliphatic heterocycles. The van der Waals surface area contributed by atoms with Gasteiger partial charge < -0.3 is 5.32 Å². The maximum atomic E-state index is 12.1. The van der Waals surface area contributed by atoms with Crippen molar-refractivity contribution in [2.45, 2.75) is 57.9 Å². The molecule has 1 aromatic carbocycles. The summed E-state index contributed by atoms with van der Waals surface area (Å²) in [6, 6.07) is 8.88. The average molecular weight is 297 g/mol. The smallest absolute Gasteiger partial charge is 0.244 e. The zero-order valence-electron chi connectivity index (χ0n) is 13.9. The zero-order chi connectivity index (χ0) is 15.7. The fraction of sp³-hybridized carbons (Fsp3) is 0.550. The van der Waals surface area contributed by atoms with Crippen LogP contribution in [0.15, 0.2) is 30.3 Å². The highest BCUT2D eigenvalue weighted by Gasteiger charge is 2.39. The maximum absolute atomic E-state index is 12.1. The number of carbonyl (C=O) groups is 1. The molecule has 22 heavy (non-hydrogen) atoms. The highest BCUT2D eigenvalue weighted by molar-refractivity contribution is 5.91. The second-order valence-corrected chi connectivity index (χ2v) is 8.00. The molecule has 0 aromatic heterocycles. The minimum Gasteiger partial charge on any atom is -0.350 e. The Labute approximate surface area is 134 Å². The number of rotatable bonds is 3. The lowest BCUT2D eigenvalue weighted by Gasteiger charge is -2.22. The molecule has 1 aromatic rings. The van der Waals surface area contributed by atoms with Gasteiger partial charge >= 0.3 is 0 Å². The van der Waals surface area contributed by atoms with Crippen LogP contribution >= 0.6 is 0 Å². The van der Waals surface area contributed by atoms with Gasteiger partial charge in [0.05, 0.1) is 0 Å². The van der Waals surface area contributed by atoms with Gasteiger partial charge in [-0.1, -0.05) is 51.5 Å². The van der Waals surface area contributed by atoms with Crippen LogP contribution < -0.4 is 5.32 Å². The molecule has 2 aliphatic carbocycles. The summed E-state index contributed by atoms with van der Waals surface area (Å²) >= 11 is 0. The molecule has 2 fully saturated rings. The zero-order valence-corrected chi connectivity index (χ0v) is 13.9. The summed E-state index contributed by atoms with van der Waals surface area (Å²) in [5.74, 6) is 1.65. The molecule has 2 aliphatic rings. The van der Waals surface area contributed by atoms with Gasteiger partial charge in [0.15, 0.2) is 0 Å². The first-order valence-corrected chi connectivity index (χ1v) is 8.51. The van der Waals surface area contributed by atoms with E-state index >= 15 is 0 Å². The minimum atomic E-state index is 0.0532. The van der Waals surface area contributed by atoms with Crippen molar-refractivity contribution in [1.29, 1.82) is 0 Å². The molecule has 2 nitrogen and oxygen atoms in total. The third kappa shape index (κ3) is 3.43. The highest BCUT2D eigenvalue weighted by atomic mass is 16.1. The van der Waals surface area contributed by atoms with Gasteiger partial charge in [0.1, 0.15) is 0 Å². The van der Waals surface area contributed by atoms with Crippen LogP contribution in [0, 0.1) is 11.8 Å². The minimum absolute atomic E-state index is 0.0532. The van der Waals surface area contributed by atoms with Crippen LogP contribution in [0.25, 0.3) is 6.08 Å². The molecule has 118 valence electrons. The Morgan fingerprint density at radius 1 is 1.14 bits per heavy atom. The second kappa shape index (κ2) is 5.91. The first kappa shape index (κ1) is 15.3. The lowest BCUT2D eigenvalue weighted by Crippen LogP contribution is -2.37. The van der Waals surface area contributed by atoms with E-state index in [0.29, 0.717) is 6.04 Å². The van der Waals surface area contributed by atoms with Gasteiger partial charge in [0.25, 0.3) is 0 Å². The number of benzene rings is 1. The molecule has 2 heteroatoms. The van der Waals surface area contributed by atoms with Crippen molar-refractivity contribution in [3.63, 3.8) is 0 Å². The summed E-state index contributed by atoms with van der Waals surface area (Å²) in [7, 11) is 0. The SMILES string of the molecule is CC(C)(C)c1ccc(/C=C/C(=O)N[C@@H]2C[C@@H]3CC[C@H]2C3)cc1. The number of carbonyl (C=O) groups excluding carboxylic acids is 1. The largest absolute Gasteiger partial charge is 0.350 e. The summed E-state index contributed by atoms with van der Waals surface area (Å²) < 4.78 is 0. The predicted molar refractivity (Wildman–Crippen MR) is 91.6 cm³/mol. The molecule has 0 radical (unpaired) electrons. The van der Waals surface area contributed by atoms with Crippen molar-refractivity contribution in [2.24, 2.45) is 11.8 Å². The summed E-state index contributed by atoms with van der Waals surface area (Å²) in [6.07, 6.45) is 8.76. The van der Waals surface area contributed by atoms with E-state index in [2.05, 4.69) is 50.4 Å². The van der Waals surface area contributed by atoms with E-state index in [1.54, 1.807) is 6.08 Å². The first-order chi connectivity index (χ1) is 10.4. The van der Waals surface area contributed by atoms with Gasteiger partial charge in [-0.05, 0) is 53.7 Å². The Balaban J connectivity index is 1.56. The van der Waals surface area contributed by atoms with Gasteiger partial charge in [-0.3, -0.25) is 4.79 Å². The Bertz CT molecular complexity index is 564. The van der Waals surface area contributed by atoms with E-state index in [-0.39, 0.29) is 11.3 Å². The predicted octanol–water partition coefficient (Wildman–Crippen LogP) is 4.30. The van der Waals surface area contributed by atoms with Gasteiger partial charge in [-0.25, -0.2) is 0 Å². The fourth-order valence-corrected chi connectivity index (χ4v) is 3.92. The van der Waals surface area contributed by atoms with Crippen molar-refractivity contribution in [3.05, 3.63) is 41.5 Å². The molecule has 0 spiro atoms. The molecule has 2 bridgehead atoms. The van der Waals surface area contributed by atoms with Crippen LogP contribution in [0.4, 0.5) is 0 Å². The van der Waals surface area contributed by atoms with Gasteiger partial charge in [-0.15, -0.1) is 0 Å². The number of hydrogen-bond donors (Lipinski definition) is 1. The van der Waals surface area contributed by atoms with Gasteiger partial charge in [0.2, 0.25) is 5.91 Å². The summed E-state index contributed by atoms with van der Waals surface area (Å²) in [5.41, 5.74) is 2.56. The molecule has 3 rings (SSSR count). The number of amides is 1. The van der Waals surface area contributed by atoms with Crippen molar-refractivity contribution in [2.75, 3.05) is 0 Å². The number of fused-ring (bicyclic) bond motifs is 2. The Kier molecular flexibility index (Phi) is 4.12. The molecule has 3 atom stereocenters. The van der Waals surface area contributed by atoms with Crippen molar-refractivity contribution >= 4 is 12.0 Å². The van der Waals surface area contributed by atoms with Crippen molar-refractivity contribution in [1.82, 2.24) is 5.32 Å². The van der Waals surface area contributed by atoms with E-state index < -0.39 is 0 Å². The molecule has 1 amide bonds. The monoisotopic (exact) mass is 297 g/mol. The highest BCUT2D eigenvalue weighted by Crippen LogP contribution is 2.44. The van der Waals surface area contributed by atoms with Crippen LogP contribution in [0.1, 0.15) is 57.6 Å². The van der Waals surface area contributed by atoms with E-state index in [1.807, 2.05) is 6.08 Å². The van der Waals surface area contributed by atoms with Crippen molar-refractivity contribution < 1.29 is 4.79 Å². The van der Waals surface area contributed by atoms with Gasteiger partial charge in [-0.2, -0.15) is 0 Å². The fourth-order valence-electron chi connectivity index (χ4n) is 3.92. The number of nitrogens with one attached hydrogen (secondary N) is 1. The molecule has 0 unspecified atom stereocenters. The average Bonchev–Trinajstić information content (AvgIpc) is 3.07. The Morgan fingerprint density at radius 2 is 1.86 bits per heavy atom. The van der Waals surface area contributed by atoms with E-state index in [1.165, 1.54) is 31.2 Å². The normalized spacial score (nSPS) is 27.5. The van der Waals surface area contributed by atoms with E-state index in [4.69, 9.17) is 0 Å². The lowest BCUT2D eigenvalue weighted by molar-refractivity contribution is -0.117. The first-order valence-electron chi connectivity index (χ1n) is 8.51. The summed E-state index contributed by atoms with van der Waals surface area (Å²) in [4.78, 5) is 12.1. The van der Waals surface area contributed by atoms with Crippen LogP contribution in [-0.2, 0) is 10.2 Å². The third-order valence-electron chi connectivity index (χ3n) is 5.27. The van der Waals surface area contributed by atoms with Crippen LogP contribution in [0.5, 0.6) is 0 Å². The van der Waals surface area contributed by atoms with E-state index in [0.717, 1.165) is 17.4 Å². The summed E-state index contributed by atoms with van der Waals surface area (Å²) in [5, 5.41) is 3.19. The molecular weight excluding hydrogens is 270 g/mol. The molecule has 0 heterocycles. The van der Waals surface area contributed by atoms with Crippen LogP contribution in [-0.4, -0.2) is 11.9 Å². The summed E-state index contributed by atoms with van der Waals surface area (Å²) in [6.45, 7) is 6.63. The topological polar surface area (TPSA) is 29.1 Å². The Morgan fingerprint density at radius 3 is 2.41 bits per heavy atom. The van der Waals surface area contributed by atoms with Crippen molar-refractivity contribution in [3.8, 4) is 0 Å². The molecule has 1 N–H and O–H groups in total. The number of hydrogen-bond acceptors (Lipinski definition) is 1. The third-order valence-corrected chi connectivity index (χ3v) is 5.27. The van der Waals surface area contributed by atoms with Crippen LogP contribution in [0.3, 0.4) is 0 Å². The lowest BCUT2D eigenvalue weighted by atomic mass is 9.87.